The highest BCUT2D eigenvalue weighted by molar-refractivity contribution is 5.83. The van der Waals surface area contributed by atoms with Crippen LogP contribution in [0, 0.1) is 0 Å². The van der Waals surface area contributed by atoms with Crippen LogP contribution in [0.5, 0.6) is 0 Å². The SMILES string of the molecule is O=C(CCc1ccc2ccccc2c1)N1CCOC(c2nn[nH]n2)C1. The number of aromatic nitrogens is 4. The molecule has 1 fully saturated rings. The van der Waals surface area contributed by atoms with Gasteiger partial charge in [-0.1, -0.05) is 47.7 Å². The van der Waals surface area contributed by atoms with Gasteiger partial charge in [0.25, 0.3) is 0 Å². The number of aryl methyl sites for hydroxylation is 1. The lowest BCUT2D eigenvalue weighted by atomic mass is 10.0. The molecule has 0 spiro atoms. The first-order valence-corrected chi connectivity index (χ1v) is 8.40. The molecular formula is C18H19N5O2. The van der Waals surface area contributed by atoms with Gasteiger partial charge in [0.15, 0.2) is 0 Å². The van der Waals surface area contributed by atoms with E-state index >= 15 is 0 Å². The average Bonchev–Trinajstić information content (AvgIpc) is 3.21. The van der Waals surface area contributed by atoms with Crippen molar-refractivity contribution in [1.82, 2.24) is 25.5 Å². The highest BCUT2D eigenvalue weighted by atomic mass is 16.5. The molecule has 1 amide bonds. The van der Waals surface area contributed by atoms with Crippen molar-refractivity contribution in [2.45, 2.75) is 18.9 Å². The van der Waals surface area contributed by atoms with E-state index in [-0.39, 0.29) is 12.0 Å². The normalized spacial score (nSPS) is 17.8. The van der Waals surface area contributed by atoms with Crippen molar-refractivity contribution in [1.29, 1.82) is 0 Å². The lowest BCUT2D eigenvalue weighted by Crippen LogP contribution is -2.42. The van der Waals surface area contributed by atoms with Crippen LogP contribution >= 0.6 is 0 Å². The molecule has 1 atom stereocenters. The van der Waals surface area contributed by atoms with Gasteiger partial charge in [0.2, 0.25) is 11.7 Å². The lowest BCUT2D eigenvalue weighted by molar-refractivity contribution is -0.139. The molecular weight excluding hydrogens is 318 g/mol. The van der Waals surface area contributed by atoms with Gasteiger partial charge < -0.3 is 9.64 Å². The minimum atomic E-state index is -0.308. The number of H-pyrrole nitrogens is 1. The summed E-state index contributed by atoms with van der Waals surface area (Å²) in [7, 11) is 0. The molecule has 1 N–H and O–H groups in total. The molecule has 2 heterocycles. The van der Waals surface area contributed by atoms with Gasteiger partial charge in [0.05, 0.1) is 13.2 Å². The molecule has 0 radical (unpaired) electrons. The number of hydrogen-bond acceptors (Lipinski definition) is 5. The number of tetrazole rings is 1. The number of hydrogen-bond donors (Lipinski definition) is 1. The summed E-state index contributed by atoms with van der Waals surface area (Å²) in [5, 5.41) is 16.3. The van der Waals surface area contributed by atoms with Gasteiger partial charge in [-0.2, -0.15) is 5.21 Å². The van der Waals surface area contributed by atoms with Crippen molar-refractivity contribution in [3.8, 4) is 0 Å². The Bertz CT molecular complexity index is 865. The molecule has 0 bridgehead atoms. The molecule has 25 heavy (non-hydrogen) atoms. The number of rotatable bonds is 4. The van der Waals surface area contributed by atoms with E-state index < -0.39 is 0 Å². The summed E-state index contributed by atoms with van der Waals surface area (Å²) in [6.07, 6.45) is 0.905. The number of ether oxygens (including phenoxy) is 1. The Labute approximate surface area is 145 Å². The van der Waals surface area contributed by atoms with Crippen molar-refractivity contribution < 1.29 is 9.53 Å². The third-order valence-corrected chi connectivity index (χ3v) is 4.51. The van der Waals surface area contributed by atoms with Crippen LogP contribution in [0.2, 0.25) is 0 Å². The average molecular weight is 337 g/mol. The van der Waals surface area contributed by atoms with Gasteiger partial charge in [0, 0.05) is 13.0 Å². The Morgan fingerprint density at radius 3 is 2.96 bits per heavy atom. The second-order valence-corrected chi connectivity index (χ2v) is 6.15. The molecule has 1 aliphatic rings. The zero-order valence-corrected chi connectivity index (χ0v) is 13.8. The van der Waals surface area contributed by atoms with Crippen molar-refractivity contribution in [3.05, 3.63) is 53.9 Å². The molecule has 2 aromatic carbocycles. The quantitative estimate of drug-likeness (QED) is 0.786. The van der Waals surface area contributed by atoms with Crippen molar-refractivity contribution in [3.63, 3.8) is 0 Å². The maximum absolute atomic E-state index is 12.6. The second kappa shape index (κ2) is 6.98. The first kappa shape index (κ1) is 15.7. The van der Waals surface area contributed by atoms with Gasteiger partial charge >= 0.3 is 0 Å². The molecule has 1 saturated heterocycles. The summed E-state index contributed by atoms with van der Waals surface area (Å²) >= 11 is 0. The number of carbonyl (C=O) groups excluding carboxylic acids is 1. The van der Waals surface area contributed by atoms with Gasteiger partial charge in [-0.15, -0.1) is 10.2 Å². The highest BCUT2D eigenvalue weighted by Crippen LogP contribution is 2.20. The van der Waals surface area contributed by atoms with Gasteiger partial charge in [-0.05, 0) is 22.8 Å². The molecule has 128 valence electrons. The van der Waals surface area contributed by atoms with Gasteiger partial charge in [-0.3, -0.25) is 4.79 Å². The number of carbonyl (C=O) groups is 1. The Morgan fingerprint density at radius 2 is 2.12 bits per heavy atom. The first-order valence-electron chi connectivity index (χ1n) is 8.40. The second-order valence-electron chi connectivity index (χ2n) is 6.15. The fourth-order valence-corrected chi connectivity index (χ4v) is 3.14. The van der Waals surface area contributed by atoms with Crippen molar-refractivity contribution in [2.24, 2.45) is 0 Å². The van der Waals surface area contributed by atoms with E-state index in [1.54, 1.807) is 0 Å². The van der Waals surface area contributed by atoms with Crippen LogP contribution in [-0.4, -0.2) is 51.1 Å². The van der Waals surface area contributed by atoms with Crippen LogP contribution in [0.1, 0.15) is 23.9 Å². The van der Waals surface area contributed by atoms with E-state index in [4.69, 9.17) is 4.74 Å². The Balaban J connectivity index is 1.37. The summed E-state index contributed by atoms with van der Waals surface area (Å²) < 4.78 is 5.63. The summed E-state index contributed by atoms with van der Waals surface area (Å²) in [6.45, 7) is 1.56. The maximum Gasteiger partial charge on any atom is 0.223 e. The summed E-state index contributed by atoms with van der Waals surface area (Å²) in [4.78, 5) is 14.4. The van der Waals surface area contributed by atoms with E-state index in [1.807, 2.05) is 17.0 Å². The molecule has 3 aromatic rings. The third kappa shape index (κ3) is 3.51. The largest absolute Gasteiger partial charge is 0.366 e. The van der Waals surface area contributed by atoms with E-state index in [2.05, 4.69) is 51.0 Å². The fraction of sp³-hybridized carbons (Fsp3) is 0.333. The zero-order chi connectivity index (χ0) is 17.1. The molecule has 0 saturated carbocycles. The zero-order valence-electron chi connectivity index (χ0n) is 13.8. The monoisotopic (exact) mass is 337 g/mol. The summed E-state index contributed by atoms with van der Waals surface area (Å²) in [5.41, 5.74) is 1.18. The summed E-state index contributed by atoms with van der Waals surface area (Å²) in [5.74, 6) is 0.622. The number of aromatic amines is 1. The van der Waals surface area contributed by atoms with Crippen LogP contribution in [0.3, 0.4) is 0 Å². The van der Waals surface area contributed by atoms with Gasteiger partial charge in [-0.25, -0.2) is 0 Å². The number of amides is 1. The Kier molecular flexibility index (Phi) is 4.39. The number of nitrogens with one attached hydrogen (secondary N) is 1. The highest BCUT2D eigenvalue weighted by Gasteiger charge is 2.27. The smallest absolute Gasteiger partial charge is 0.223 e. The topological polar surface area (TPSA) is 84.0 Å². The Hall–Kier alpha value is -2.80. The molecule has 7 nitrogen and oxygen atoms in total. The van der Waals surface area contributed by atoms with Crippen LogP contribution < -0.4 is 0 Å². The molecule has 1 aromatic heterocycles. The van der Waals surface area contributed by atoms with Crippen molar-refractivity contribution in [2.75, 3.05) is 19.7 Å². The van der Waals surface area contributed by atoms with Gasteiger partial charge in [0.1, 0.15) is 6.10 Å². The number of nitrogens with zero attached hydrogens (tertiary/aromatic N) is 4. The van der Waals surface area contributed by atoms with Crippen LogP contribution in [0.4, 0.5) is 0 Å². The van der Waals surface area contributed by atoms with E-state index in [0.29, 0.717) is 31.9 Å². The van der Waals surface area contributed by atoms with E-state index in [1.165, 1.54) is 16.3 Å². The minimum absolute atomic E-state index is 0.130. The predicted octanol–water partition coefficient (Wildman–Crippen LogP) is 1.89. The maximum atomic E-state index is 12.6. The van der Waals surface area contributed by atoms with E-state index in [9.17, 15) is 4.79 Å². The first-order chi connectivity index (χ1) is 12.3. The number of fused-ring (bicyclic) bond motifs is 1. The molecule has 7 heteroatoms. The van der Waals surface area contributed by atoms with Crippen LogP contribution in [0.25, 0.3) is 10.8 Å². The lowest BCUT2D eigenvalue weighted by Gasteiger charge is -2.31. The fourth-order valence-electron chi connectivity index (χ4n) is 3.14. The predicted molar refractivity (Wildman–Crippen MR) is 91.7 cm³/mol. The van der Waals surface area contributed by atoms with Crippen LogP contribution in [0.15, 0.2) is 42.5 Å². The molecule has 1 unspecified atom stereocenters. The minimum Gasteiger partial charge on any atom is -0.366 e. The standard InChI is InChI=1S/C18H19N5O2/c24-17(23-9-10-25-16(12-23)18-19-21-22-20-18)8-6-13-5-7-14-3-1-2-4-15(14)11-13/h1-5,7,11,16H,6,8-10,12H2,(H,19,20,21,22). The number of benzene rings is 2. The molecule has 1 aliphatic heterocycles. The third-order valence-electron chi connectivity index (χ3n) is 4.51. The Morgan fingerprint density at radius 1 is 1.24 bits per heavy atom. The molecule has 4 rings (SSSR count). The van der Waals surface area contributed by atoms with Crippen LogP contribution in [-0.2, 0) is 16.0 Å². The number of morpholine rings is 1. The summed E-state index contributed by atoms with van der Waals surface area (Å²) in [6, 6.07) is 14.6. The molecule has 0 aliphatic carbocycles. The van der Waals surface area contributed by atoms with Crippen molar-refractivity contribution >= 4 is 16.7 Å². The van der Waals surface area contributed by atoms with E-state index in [0.717, 1.165) is 6.42 Å².